The molecule has 1 aromatic heterocycles. The van der Waals surface area contributed by atoms with Gasteiger partial charge in [-0.15, -0.1) is 10.2 Å². The van der Waals surface area contributed by atoms with Crippen LogP contribution in [0.5, 0.6) is 0 Å². The first-order valence-electron chi connectivity index (χ1n) is 7.75. The molecule has 0 unspecified atom stereocenters. The van der Waals surface area contributed by atoms with Gasteiger partial charge >= 0.3 is 0 Å². The minimum atomic E-state index is -0.277. The molecular formula is C16H19FN4OS2. The Kier molecular flexibility index (Phi) is 5.80. The van der Waals surface area contributed by atoms with E-state index < -0.39 is 0 Å². The Hall–Kier alpha value is -1.51. The zero-order chi connectivity index (χ0) is 16.9. The SMILES string of the molecule is CSc1nnc(CN2CCN(C(=O)Cc3ccc(F)cc3)CC2)s1. The number of rotatable bonds is 5. The third-order valence-corrected chi connectivity index (χ3v) is 5.86. The highest BCUT2D eigenvalue weighted by Crippen LogP contribution is 2.21. The minimum absolute atomic E-state index is 0.0989. The molecule has 0 bridgehead atoms. The van der Waals surface area contributed by atoms with Crippen LogP contribution in [0.25, 0.3) is 0 Å². The smallest absolute Gasteiger partial charge is 0.227 e. The lowest BCUT2D eigenvalue weighted by atomic mass is 10.1. The number of nitrogens with zero attached hydrogens (tertiary/aromatic N) is 4. The largest absolute Gasteiger partial charge is 0.340 e. The zero-order valence-corrected chi connectivity index (χ0v) is 15.1. The van der Waals surface area contributed by atoms with E-state index in [-0.39, 0.29) is 11.7 Å². The number of amides is 1. The lowest BCUT2D eigenvalue weighted by Crippen LogP contribution is -2.48. The highest BCUT2D eigenvalue weighted by atomic mass is 32.2. The Balaban J connectivity index is 1.47. The molecule has 2 heterocycles. The molecule has 128 valence electrons. The average molecular weight is 366 g/mol. The first kappa shape index (κ1) is 17.3. The molecule has 0 saturated carbocycles. The van der Waals surface area contributed by atoms with Gasteiger partial charge in [-0.2, -0.15) is 0 Å². The molecular weight excluding hydrogens is 347 g/mol. The summed E-state index contributed by atoms with van der Waals surface area (Å²) in [5.74, 6) is -0.178. The molecule has 1 amide bonds. The van der Waals surface area contributed by atoms with E-state index in [1.165, 1.54) is 12.1 Å². The molecule has 0 spiro atoms. The molecule has 0 radical (unpaired) electrons. The van der Waals surface area contributed by atoms with Gasteiger partial charge in [0.25, 0.3) is 0 Å². The fourth-order valence-electron chi connectivity index (χ4n) is 2.62. The van der Waals surface area contributed by atoms with Crippen molar-refractivity contribution in [3.8, 4) is 0 Å². The van der Waals surface area contributed by atoms with Gasteiger partial charge in [0.2, 0.25) is 5.91 Å². The molecule has 1 aliphatic rings. The van der Waals surface area contributed by atoms with Crippen molar-refractivity contribution < 1.29 is 9.18 Å². The van der Waals surface area contributed by atoms with Gasteiger partial charge in [-0.05, 0) is 24.0 Å². The second-order valence-electron chi connectivity index (χ2n) is 5.63. The topological polar surface area (TPSA) is 49.3 Å². The number of halogens is 1. The molecule has 0 aliphatic carbocycles. The number of hydrogen-bond acceptors (Lipinski definition) is 6. The van der Waals surface area contributed by atoms with Gasteiger partial charge in [0.05, 0.1) is 13.0 Å². The third kappa shape index (κ3) is 4.52. The van der Waals surface area contributed by atoms with Gasteiger partial charge in [-0.3, -0.25) is 9.69 Å². The van der Waals surface area contributed by atoms with E-state index >= 15 is 0 Å². The van der Waals surface area contributed by atoms with E-state index in [1.807, 2.05) is 11.2 Å². The molecule has 0 atom stereocenters. The quantitative estimate of drug-likeness (QED) is 0.760. The van der Waals surface area contributed by atoms with E-state index in [0.717, 1.165) is 34.5 Å². The summed E-state index contributed by atoms with van der Waals surface area (Å²) in [6.07, 6.45) is 2.32. The maximum atomic E-state index is 12.9. The van der Waals surface area contributed by atoms with Gasteiger partial charge in [0, 0.05) is 26.2 Å². The Morgan fingerprint density at radius 2 is 1.92 bits per heavy atom. The Morgan fingerprint density at radius 3 is 2.54 bits per heavy atom. The van der Waals surface area contributed by atoms with Crippen LogP contribution < -0.4 is 0 Å². The van der Waals surface area contributed by atoms with Crippen LogP contribution in [0.4, 0.5) is 4.39 Å². The van der Waals surface area contributed by atoms with E-state index in [4.69, 9.17) is 0 Å². The molecule has 3 rings (SSSR count). The monoisotopic (exact) mass is 366 g/mol. The number of benzene rings is 1. The third-order valence-electron chi connectivity index (χ3n) is 3.98. The number of carbonyl (C=O) groups excluding carboxylic acids is 1. The van der Waals surface area contributed by atoms with Crippen LogP contribution in [0.1, 0.15) is 10.6 Å². The van der Waals surface area contributed by atoms with Crippen LogP contribution in [0.2, 0.25) is 0 Å². The normalized spacial score (nSPS) is 15.7. The Morgan fingerprint density at radius 1 is 1.21 bits per heavy atom. The molecule has 1 saturated heterocycles. The lowest BCUT2D eigenvalue weighted by molar-refractivity contribution is -0.132. The van der Waals surface area contributed by atoms with Crippen molar-refractivity contribution in [1.82, 2.24) is 20.0 Å². The zero-order valence-electron chi connectivity index (χ0n) is 13.4. The van der Waals surface area contributed by atoms with Gasteiger partial charge < -0.3 is 4.90 Å². The van der Waals surface area contributed by atoms with E-state index in [0.29, 0.717) is 19.5 Å². The summed E-state index contributed by atoms with van der Waals surface area (Å²) in [7, 11) is 0. The van der Waals surface area contributed by atoms with Crippen molar-refractivity contribution in [2.24, 2.45) is 0 Å². The molecule has 0 N–H and O–H groups in total. The second kappa shape index (κ2) is 8.04. The fraction of sp³-hybridized carbons (Fsp3) is 0.438. The van der Waals surface area contributed by atoms with Crippen molar-refractivity contribution in [2.75, 3.05) is 32.4 Å². The summed E-state index contributed by atoms with van der Waals surface area (Å²) >= 11 is 3.23. The van der Waals surface area contributed by atoms with Crippen LogP contribution in [0.15, 0.2) is 28.6 Å². The molecule has 2 aromatic rings. The maximum Gasteiger partial charge on any atom is 0.227 e. The average Bonchev–Trinajstić information content (AvgIpc) is 3.05. The van der Waals surface area contributed by atoms with E-state index in [9.17, 15) is 9.18 Å². The number of hydrogen-bond donors (Lipinski definition) is 0. The van der Waals surface area contributed by atoms with Crippen molar-refractivity contribution in [3.05, 3.63) is 40.7 Å². The summed E-state index contributed by atoms with van der Waals surface area (Å²) in [5, 5.41) is 9.32. The second-order valence-corrected chi connectivity index (χ2v) is 7.74. The van der Waals surface area contributed by atoms with Crippen LogP contribution in [0, 0.1) is 5.82 Å². The Labute approximate surface area is 148 Å². The number of piperazine rings is 1. The predicted molar refractivity (Wildman–Crippen MR) is 93.7 cm³/mol. The van der Waals surface area contributed by atoms with Crippen molar-refractivity contribution in [3.63, 3.8) is 0 Å². The van der Waals surface area contributed by atoms with Crippen LogP contribution in [-0.4, -0.2) is 58.3 Å². The van der Waals surface area contributed by atoms with Gasteiger partial charge in [-0.1, -0.05) is 35.2 Å². The predicted octanol–water partition coefficient (Wildman–Crippen LogP) is 2.29. The van der Waals surface area contributed by atoms with Gasteiger partial charge in [0.15, 0.2) is 4.34 Å². The van der Waals surface area contributed by atoms with Gasteiger partial charge in [-0.25, -0.2) is 4.39 Å². The summed E-state index contributed by atoms with van der Waals surface area (Å²) in [6, 6.07) is 6.13. The molecule has 8 heteroatoms. The Bertz CT molecular complexity index is 684. The first-order chi connectivity index (χ1) is 11.6. The van der Waals surface area contributed by atoms with E-state index in [1.54, 1.807) is 35.2 Å². The van der Waals surface area contributed by atoms with Crippen LogP contribution in [0.3, 0.4) is 0 Å². The first-order valence-corrected chi connectivity index (χ1v) is 9.79. The summed E-state index contributed by atoms with van der Waals surface area (Å²) < 4.78 is 13.9. The summed E-state index contributed by atoms with van der Waals surface area (Å²) in [4.78, 5) is 16.5. The molecule has 1 aliphatic heterocycles. The maximum absolute atomic E-state index is 12.9. The van der Waals surface area contributed by atoms with Crippen LogP contribution >= 0.6 is 23.1 Å². The van der Waals surface area contributed by atoms with Crippen molar-refractivity contribution in [2.45, 2.75) is 17.3 Å². The molecule has 1 aromatic carbocycles. The van der Waals surface area contributed by atoms with Crippen molar-refractivity contribution in [1.29, 1.82) is 0 Å². The van der Waals surface area contributed by atoms with Gasteiger partial charge in [0.1, 0.15) is 10.8 Å². The highest BCUT2D eigenvalue weighted by molar-refractivity contribution is 8.00. The fourth-order valence-corrected chi connectivity index (χ4v) is 3.98. The number of carbonyl (C=O) groups is 1. The minimum Gasteiger partial charge on any atom is -0.340 e. The number of thioether (sulfide) groups is 1. The van der Waals surface area contributed by atoms with E-state index in [2.05, 4.69) is 15.1 Å². The molecule has 24 heavy (non-hydrogen) atoms. The summed E-state index contributed by atoms with van der Waals surface area (Å²) in [6.45, 7) is 3.90. The molecule has 5 nitrogen and oxygen atoms in total. The lowest BCUT2D eigenvalue weighted by Gasteiger charge is -2.34. The number of aromatic nitrogens is 2. The standard InChI is InChI=1S/C16H19FN4OS2/c1-23-16-19-18-14(24-16)11-20-6-8-21(9-7-20)15(22)10-12-2-4-13(17)5-3-12/h2-5H,6-11H2,1H3. The highest BCUT2D eigenvalue weighted by Gasteiger charge is 2.22. The van der Waals surface area contributed by atoms with Crippen LogP contribution in [-0.2, 0) is 17.8 Å². The molecule has 1 fully saturated rings. The van der Waals surface area contributed by atoms with Crippen molar-refractivity contribution >= 4 is 29.0 Å². The summed E-state index contributed by atoms with van der Waals surface area (Å²) in [5.41, 5.74) is 0.849.